The zero-order valence-corrected chi connectivity index (χ0v) is 16.1. The second-order valence-electron chi connectivity index (χ2n) is 7.52. The van der Waals surface area contributed by atoms with Gasteiger partial charge in [-0.05, 0) is 38.1 Å². The zero-order valence-electron chi connectivity index (χ0n) is 16.1. The van der Waals surface area contributed by atoms with E-state index >= 15 is 0 Å². The largest absolute Gasteiger partial charge is 0.299 e. The minimum absolute atomic E-state index is 0.372. The van der Waals surface area contributed by atoms with Gasteiger partial charge in [0.1, 0.15) is 0 Å². The maximum Gasteiger partial charge on any atom is 0.177 e. The molecule has 9 heteroatoms. The minimum atomic E-state index is 0.372. The zero-order chi connectivity index (χ0) is 19.1. The third kappa shape index (κ3) is 3.18. The summed E-state index contributed by atoms with van der Waals surface area (Å²) in [6, 6.07) is 3.95. The first-order valence-electron chi connectivity index (χ1n) is 9.57. The standard InChI is InChI=1S/C19H23N9/c1-25-11-14(9-20-25)12-27-7-5-15(6-8-27)19-23-22-18-4-3-17(24-28(18)19)16-10-21-26(2)13-16/h3-4,9-11,13,15H,5-8,12H2,1-2H3. The predicted molar refractivity (Wildman–Crippen MR) is 103 cm³/mol. The molecule has 1 saturated heterocycles. The molecule has 0 N–H and O–H groups in total. The number of fused-ring (bicyclic) bond motifs is 1. The van der Waals surface area contributed by atoms with Gasteiger partial charge < -0.3 is 0 Å². The van der Waals surface area contributed by atoms with E-state index in [1.165, 1.54) is 5.56 Å². The molecule has 1 aliphatic rings. The van der Waals surface area contributed by atoms with Crippen molar-refractivity contribution in [1.82, 2.24) is 44.3 Å². The molecular weight excluding hydrogens is 354 g/mol. The molecule has 144 valence electrons. The molecule has 0 amide bonds. The lowest BCUT2D eigenvalue weighted by Crippen LogP contribution is -2.33. The van der Waals surface area contributed by atoms with Gasteiger partial charge in [-0.1, -0.05) is 0 Å². The van der Waals surface area contributed by atoms with E-state index in [0.29, 0.717) is 5.92 Å². The average molecular weight is 377 g/mol. The molecule has 1 aliphatic heterocycles. The van der Waals surface area contributed by atoms with Crippen LogP contribution in [0.2, 0.25) is 0 Å². The Bertz CT molecular complexity index is 1100. The summed E-state index contributed by atoms with van der Waals surface area (Å²) in [4.78, 5) is 2.48. The second kappa shape index (κ2) is 6.83. The third-order valence-electron chi connectivity index (χ3n) is 5.40. The van der Waals surface area contributed by atoms with Gasteiger partial charge in [-0.25, -0.2) is 0 Å². The van der Waals surface area contributed by atoms with Crippen LogP contribution in [0.15, 0.2) is 36.9 Å². The average Bonchev–Trinajstić information content (AvgIpc) is 3.42. The Morgan fingerprint density at radius 2 is 1.75 bits per heavy atom. The highest BCUT2D eigenvalue weighted by Gasteiger charge is 2.25. The summed E-state index contributed by atoms with van der Waals surface area (Å²) in [5, 5.41) is 22.1. The topological polar surface area (TPSA) is 82.0 Å². The van der Waals surface area contributed by atoms with Crippen LogP contribution in [0.25, 0.3) is 16.9 Å². The molecule has 0 radical (unpaired) electrons. The van der Waals surface area contributed by atoms with Crippen LogP contribution in [0.1, 0.15) is 30.1 Å². The monoisotopic (exact) mass is 377 g/mol. The lowest BCUT2D eigenvalue weighted by Gasteiger charge is -2.30. The molecule has 4 aromatic rings. The molecule has 5 heterocycles. The Morgan fingerprint density at radius 3 is 2.46 bits per heavy atom. The Morgan fingerprint density at radius 1 is 0.964 bits per heavy atom. The summed E-state index contributed by atoms with van der Waals surface area (Å²) in [5.41, 5.74) is 3.93. The van der Waals surface area contributed by atoms with Crippen LogP contribution in [0, 0.1) is 0 Å². The van der Waals surface area contributed by atoms with Crippen molar-refractivity contribution in [2.45, 2.75) is 25.3 Å². The van der Waals surface area contributed by atoms with Crippen LogP contribution in [-0.4, -0.2) is 57.4 Å². The molecule has 4 aromatic heterocycles. The summed E-state index contributed by atoms with van der Waals surface area (Å²) in [6.45, 7) is 3.03. The van der Waals surface area contributed by atoms with Crippen LogP contribution in [0.4, 0.5) is 0 Å². The van der Waals surface area contributed by atoms with E-state index in [0.717, 1.165) is 55.2 Å². The molecule has 28 heavy (non-hydrogen) atoms. The van der Waals surface area contributed by atoms with Gasteiger partial charge in [0.05, 0.1) is 18.1 Å². The molecule has 9 nitrogen and oxygen atoms in total. The van der Waals surface area contributed by atoms with E-state index in [1.807, 2.05) is 54.0 Å². The van der Waals surface area contributed by atoms with Crippen LogP contribution in [0.5, 0.6) is 0 Å². The van der Waals surface area contributed by atoms with Crippen LogP contribution in [0.3, 0.4) is 0 Å². The maximum atomic E-state index is 4.80. The first-order chi connectivity index (χ1) is 13.7. The van der Waals surface area contributed by atoms with Gasteiger partial charge in [0.2, 0.25) is 0 Å². The van der Waals surface area contributed by atoms with Crippen molar-refractivity contribution < 1.29 is 0 Å². The highest BCUT2D eigenvalue weighted by molar-refractivity contribution is 5.58. The van der Waals surface area contributed by atoms with Crippen molar-refractivity contribution in [3.8, 4) is 11.3 Å². The lowest BCUT2D eigenvalue weighted by molar-refractivity contribution is 0.201. The second-order valence-corrected chi connectivity index (χ2v) is 7.52. The van der Waals surface area contributed by atoms with Gasteiger partial charge in [0, 0.05) is 50.1 Å². The fourth-order valence-corrected chi connectivity index (χ4v) is 3.93. The fraction of sp³-hybridized carbons (Fsp3) is 0.421. The van der Waals surface area contributed by atoms with Gasteiger partial charge in [-0.15, -0.1) is 10.2 Å². The van der Waals surface area contributed by atoms with Gasteiger partial charge in [0.15, 0.2) is 11.5 Å². The SMILES string of the molecule is Cn1cc(CN2CCC(c3nnc4ccc(-c5cnn(C)c5)nn34)CC2)cn1. The third-order valence-corrected chi connectivity index (χ3v) is 5.40. The molecule has 5 rings (SSSR count). The van der Waals surface area contributed by atoms with Gasteiger partial charge >= 0.3 is 0 Å². The van der Waals surface area contributed by atoms with Crippen LogP contribution >= 0.6 is 0 Å². The van der Waals surface area contributed by atoms with Crippen molar-refractivity contribution >= 4 is 5.65 Å². The summed E-state index contributed by atoms with van der Waals surface area (Å²) in [6.07, 6.45) is 9.94. The first kappa shape index (κ1) is 17.1. The Labute approximate surface area is 162 Å². The van der Waals surface area contributed by atoms with E-state index < -0.39 is 0 Å². The maximum absolute atomic E-state index is 4.80. The number of aryl methyl sites for hydroxylation is 2. The number of hydrogen-bond acceptors (Lipinski definition) is 6. The van der Waals surface area contributed by atoms with Crippen molar-refractivity contribution in [3.05, 3.63) is 48.3 Å². The number of aromatic nitrogens is 8. The summed E-state index contributed by atoms with van der Waals surface area (Å²) in [7, 11) is 3.87. The summed E-state index contributed by atoms with van der Waals surface area (Å²) >= 11 is 0. The number of likely N-dealkylation sites (tertiary alicyclic amines) is 1. The van der Waals surface area contributed by atoms with Crippen molar-refractivity contribution in [1.29, 1.82) is 0 Å². The van der Waals surface area contributed by atoms with Crippen molar-refractivity contribution in [2.24, 2.45) is 14.1 Å². The van der Waals surface area contributed by atoms with E-state index in [2.05, 4.69) is 31.5 Å². The number of piperidine rings is 1. The van der Waals surface area contributed by atoms with Gasteiger partial charge in [-0.3, -0.25) is 14.3 Å². The Kier molecular flexibility index (Phi) is 4.16. The molecule has 0 saturated carbocycles. The normalized spacial score (nSPS) is 16.2. The molecule has 0 spiro atoms. The number of rotatable bonds is 4. The van der Waals surface area contributed by atoms with E-state index in [9.17, 15) is 0 Å². The van der Waals surface area contributed by atoms with Crippen LogP contribution < -0.4 is 0 Å². The highest BCUT2D eigenvalue weighted by Crippen LogP contribution is 2.28. The Balaban J connectivity index is 1.33. The van der Waals surface area contributed by atoms with Gasteiger partial charge in [-0.2, -0.15) is 19.8 Å². The molecular formula is C19H23N9. The molecule has 0 atom stereocenters. The fourth-order valence-electron chi connectivity index (χ4n) is 3.93. The first-order valence-corrected chi connectivity index (χ1v) is 9.57. The van der Waals surface area contributed by atoms with E-state index in [4.69, 9.17) is 5.10 Å². The number of nitrogens with zero attached hydrogens (tertiary/aromatic N) is 9. The van der Waals surface area contributed by atoms with Crippen molar-refractivity contribution in [3.63, 3.8) is 0 Å². The quantitative estimate of drug-likeness (QED) is 0.538. The summed E-state index contributed by atoms with van der Waals surface area (Å²) < 4.78 is 5.55. The lowest BCUT2D eigenvalue weighted by atomic mass is 9.96. The highest BCUT2D eigenvalue weighted by atomic mass is 15.4. The van der Waals surface area contributed by atoms with Crippen LogP contribution in [-0.2, 0) is 20.6 Å². The minimum Gasteiger partial charge on any atom is -0.299 e. The van der Waals surface area contributed by atoms with Crippen molar-refractivity contribution in [2.75, 3.05) is 13.1 Å². The summed E-state index contributed by atoms with van der Waals surface area (Å²) in [5.74, 6) is 1.33. The Hall–Kier alpha value is -3.07. The molecule has 0 aliphatic carbocycles. The molecule has 0 bridgehead atoms. The van der Waals surface area contributed by atoms with Gasteiger partial charge in [0.25, 0.3) is 0 Å². The molecule has 0 unspecified atom stereocenters. The predicted octanol–water partition coefficient (Wildman–Crippen LogP) is 1.64. The number of hydrogen-bond donors (Lipinski definition) is 0. The van der Waals surface area contributed by atoms with E-state index in [1.54, 1.807) is 4.68 Å². The molecule has 1 fully saturated rings. The van der Waals surface area contributed by atoms with E-state index in [-0.39, 0.29) is 0 Å². The molecule has 0 aromatic carbocycles. The smallest absolute Gasteiger partial charge is 0.177 e.